The van der Waals surface area contributed by atoms with Gasteiger partial charge in [0.05, 0.1) is 0 Å². The zero-order chi connectivity index (χ0) is 9.64. The summed E-state index contributed by atoms with van der Waals surface area (Å²) in [6.07, 6.45) is 0. The monoisotopic (exact) mass is 196 g/mol. The van der Waals surface area contributed by atoms with Gasteiger partial charge in [-0.05, 0) is 16.1 Å². The van der Waals surface area contributed by atoms with Gasteiger partial charge in [0, 0.05) is 0 Å². The fourth-order valence-electron chi connectivity index (χ4n) is 1.23. The van der Waals surface area contributed by atoms with Crippen LogP contribution < -0.4 is 0 Å². The number of hydrogen-bond acceptors (Lipinski definition) is 3. The lowest BCUT2D eigenvalue weighted by Crippen LogP contribution is -2.16. The van der Waals surface area contributed by atoms with Crippen molar-refractivity contribution in [1.29, 1.82) is 0 Å². The predicted octanol–water partition coefficient (Wildman–Crippen LogP) is 0.242. The van der Waals surface area contributed by atoms with Gasteiger partial charge in [-0.15, -0.1) is 0 Å². The minimum atomic E-state index is -3.66. The standard InChI is InChI=1S/C8H6NO3S/c1-9-8(10)6-4-2-3-5-7(6)13(9,11)12/h2-5H,1H2/q+1. The molecule has 1 heterocycles. The molecule has 0 saturated carbocycles. The van der Waals surface area contributed by atoms with Crippen molar-refractivity contribution in [3.63, 3.8) is 0 Å². The zero-order valence-corrected chi connectivity index (χ0v) is 7.41. The molecule has 4 nitrogen and oxygen atoms in total. The van der Waals surface area contributed by atoms with Crippen molar-refractivity contribution in [1.82, 2.24) is 0 Å². The molecule has 0 aromatic heterocycles. The number of benzene rings is 1. The molecule has 0 atom stereocenters. The van der Waals surface area contributed by atoms with E-state index < -0.39 is 15.9 Å². The van der Waals surface area contributed by atoms with E-state index in [0.29, 0.717) is 3.98 Å². The minimum absolute atomic E-state index is 0.0370. The first-order valence-corrected chi connectivity index (χ1v) is 4.98. The largest absolute Gasteiger partial charge is 0.437 e. The molecular weight excluding hydrogens is 190 g/mol. The van der Waals surface area contributed by atoms with Gasteiger partial charge < -0.3 is 0 Å². The van der Waals surface area contributed by atoms with Gasteiger partial charge in [-0.3, -0.25) is 0 Å². The van der Waals surface area contributed by atoms with Crippen LogP contribution in [0.2, 0.25) is 0 Å². The van der Waals surface area contributed by atoms with Crippen LogP contribution in [-0.4, -0.2) is 25.0 Å². The topological polar surface area (TPSA) is 54.2 Å². The van der Waals surface area contributed by atoms with E-state index in [0.717, 1.165) is 0 Å². The van der Waals surface area contributed by atoms with Gasteiger partial charge in [0.1, 0.15) is 5.56 Å². The second-order valence-electron chi connectivity index (χ2n) is 2.65. The highest BCUT2D eigenvalue weighted by Gasteiger charge is 2.45. The molecule has 1 aromatic carbocycles. The van der Waals surface area contributed by atoms with Crippen LogP contribution in [0.4, 0.5) is 0 Å². The Hall–Kier alpha value is -1.49. The number of hydrogen-bond donors (Lipinski definition) is 0. The first-order chi connectivity index (χ1) is 6.05. The molecule has 1 aliphatic heterocycles. The SMILES string of the molecule is C=[N+]1C(=O)c2ccccc2S1(=O)=O. The number of carbonyl (C=O) groups is 1. The molecule has 0 fully saturated rings. The summed E-state index contributed by atoms with van der Waals surface area (Å²) in [4.78, 5) is 11.3. The molecule has 1 aliphatic rings. The molecule has 2 rings (SSSR count). The van der Waals surface area contributed by atoms with Crippen LogP contribution >= 0.6 is 0 Å². The van der Waals surface area contributed by atoms with Crippen molar-refractivity contribution < 1.29 is 17.2 Å². The maximum absolute atomic E-state index is 11.4. The van der Waals surface area contributed by atoms with Crippen LogP contribution in [0.5, 0.6) is 0 Å². The van der Waals surface area contributed by atoms with E-state index in [2.05, 4.69) is 6.72 Å². The fourth-order valence-corrected chi connectivity index (χ4v) is 2.47. The molecule has 0 saturated heterocycles. The molecule has 0 N–H and O–H groups in total. The summed E-state index contributed by atoms with van der Waals surface area (Å²) < 4.78 is 23.4. The van der Waals surface area contributed by atoms with Crippen LogP contribution in [0.25, 0.3) is 0 Å². The maximum Gasteiger partial charge on any atom is 0.437 e. The van der Waals surface area contributed by atoms with E-state index in [9.17, 15) is 13.2 Å². The van der Waals surface area contributed by atoms with Crippen molar-refractivity contribution in [2.24, 2.45) is 0 Å². The number of sulfonamides is 1. The Morgan fingerprint density at radius 1 is 1.23 bits per heavy atom. The van der Waals surface area contributed by atoms with Crippen LogP contribution in [-0.2, 0) is 10.0 Å². The average Bonchev–Trinajstić information content (AvgIpc) is 2.30. The summed E-state index contributed by atoms with van der Waals surface area (Å²) in [5.41, 5.74) is 0.192. The van der Waals surface area contributed by atoms with E-state index in [1.165, 1.54) is 12.1 Å². The smallest absolute Gasteiger partial charge is 0.213 e. The van der Waals surface area contributed by atoms with Crippen LogP contribution in [0.3, 0.4) is 0 Å². The van der Waals surface area contributed by atoms with Crippen molar-refractivity contribution in [2.45, 2.75) is 4.90 Å². The van der Waals surface area contributed by atoms with Crippen molar-refractivity contribution >= 4 is 22.6 Å². The number of fused-ring (bicyclic) bond motifs is 1. The van der Waals surface area contributed by atoms with Crippen molar-refractivity contribution in [2.75, 3.05) is 0 Å². The quantitative estimate of drug-likeness (QED) is 0.558. The molecule has 1 amide bonds. The Balaban J connectivity index is 2.91. The van der Waals surface area contributed by atoms with Crippen molar-refractivity contribution in [3.8, 4) is 0 Å². The minimum Gasteiger partial charge on any atom is -0.213 e. The Morgan fingerprint density at radius 2 is 1.85 bits per heavy atom. The summed E-state index contributed by atoms with van der Waals surface area (Å²) in [7, 11) is -3.66. The van der Waals surface area contributed by atoms with Crippen LogP contribution in [0.1, 0.15) is 10.4 Å². The highest BCUT2D eigenvalue weighted by molar-refractivity contribution is 7.86. The van der Waals surface area contributed by atoms with Gasteiger partial charge >= 0.3 is 15.9 Å². The first-order valence-electron chi connectivity index (χ1n) is 3.54. The lowest BCUT2D eigenvalue weighted by atomic mass is 10.2. The van der Waals surface area contributed by atoms with Gasteiger partial charge in [-0.1, -0.05) is 12.1 Å². The van der Waals surface area contributed by atoms with Crippen LogP contribution in [0, 0.1) is 0 Å². The number of rotatable bonds is 0. The van der Waals surface area contributed by atoms with E-state index in [1.54, 1.807) is 12.1 Å². The molecule has 0 aliphatic carbocycles. The molecule has 1 aromatic rings. The van der Waals surface area contributed by atoms with Gasteiger partial charge in [-0.2, -0.15) is 8.42 Å². The summed E-state index contributed by atoms with van der Waals surface area (Å²) in [6, 6.07) is 6.06. The normalized spacial score (nSPS) is 18.8. The second-order valence-corrected chi connectivity index (χ2v) is 4.49. The zero-order valence-electron chi connectivity index (χ0n) is 6.60. The van der Waals surface area contributed by atoms with Gasteiger partial charge in [0.15, 0.2) is 11.6 Å². The first kappa shape index (κ1) is 8.12. The van der Waals surface area contributed by atoms with E-state index in [1.807, 2.05) is 0 Å². The molecule has 0 radical (unpaired) electrons. The van der Waals surface area contributed by atoms with Crippen molar-refractivity contribution in [3.05, 3.63) is 29.8 Å². The summed E-state index contributed by atoms with van der Waals surface area (Å²) in [6.45, 7) is 3.18. The molecule has 0 unspecified atom stereocenters. The Kier molecular flexibility index (Phi) is 1.41. The van der Waals surface area contributed by atoms with Gasteiger partial charge in [0.2, 0.25) is 0 Å². The number of amides is 1. The molecule has 66 valence electrons. The number of nitrogens with zero attached hydrogens (tertiary/aromatic N) is 1. The third kappa shape index (κ3) is 0.874. The van der Waals surface area contributed by atoms with Gasteiger partial charge in [0.25, 0.3) is 0 Å². The van der Waals surface area contributed by atoms with E-state index in [-0.39, 0.29) is 10.5 Å². The molecular formula is C8H6NO3S+. The third-order valence-electron chi connectivity index (χ3n) is 1.91. The summed E-state index contributed by atoms with van der Waals surface area (Å²) in [5, 5.41) is 0. The number of carbonyl (C=O) groups excluding carboxylic acids is 1. The van der Waals surface area contributed by atoms with Crippen LogP contribution in [0.15, 0.2) is 29.2 Å². The predicted molar refractivity (Wildman–Crippen MR) is 45.3 cm³/mol. The molecule has 13 heavy (non-hydrogen) atoms. The Bertz CT molecular complexity index is 516. The van der Waals surface area contributed by atoms with E-state index in [4.69, 9.17) is 0 Å². The highest BCUT2D eigenvalue weighted by Crippen LogP contribution is 2.25. The molecule has 5 heteroatoms. The Labute approximate surface area is 75.2 Å². The second kappa shape index (κ2) is 2.26. The molecule has 0 spiro atoms. The highest BCUT2D eigenvalue weighted by atomic mass is 32.2. The third-order valence-corrected chi connectivity index (χ3v) is 3.57. The maximum atomic E-state index is 11.4. The lowest BCUT2D eigenvalue weighted by Gasteiger charge is -1.86. The van der Waals surface area contributed by atoms with E-state index >= 15 is 0 Å². The fraction of sp³-hybridized carbons (Fsp3) is 0. The summed E-state index contributed by atoms with van der Waals surface area (Å²) in [5.74, 6) is -0.574. The molecule has 0 bridgehead atoms. The Morgan fingerprint density at radius 3 is 2.46 bits per heavy atom. The summed E-state index contributed by atoms with van der Waals surface area (Å²) >= 11 is 0. The van der Waals surface area contributed by atoms with Gasteiger partial charge in [-0.25, -0.2) is 4.79 Å². The lowest BCUT2D eigenvalue weighted by molar-refractivity contribution is -0.244. The average molecular weight is 196 g/mol.